The monoisotopic (exact) mass is 308 g/mol. The molecule has 0 heterocycles. The quantitative estimate of drug-likeness (QED) is 0.665. The van der Waals surface area contributed by atoms with Crippen LogP contribution in [0, 0.1) is 17.0 Å². The van der Waals surface area contributed by atoms with Crippen molar-refractivity contribution >= 4 is 6.09 Å². The van der Waals surface area contributed by atoms with Gasteiger partial charge in [0.15, 0.2) is 0 Å². The lowest BCUT2D eigenvalue weighted by Crippen LogP contribution is -2.42. The molecule has 0 aliphatic carbocycles. The summed E-state index contributed by atoms with van der Waals surface area (Å²) in [5.41, 5.74) is 1.09. The molecule has 1 N–H and O–H groups in total. The molecule has 1 rings (SSSR count). The number of benzene rings is 1. The molecule has 6 nitrogen and oxygen atoms in total. The van der Waals surface area contributed by atoms with Crippen LogP contribution in [0.4, 0.5) is 4.79 Å². The van der Waals surface area contributed by atoms with Gasteiger partial charge in [-0.1, -0.05) is 36.8 Å². The molecule has 1 aromatic carbocycles. The minimum absolute atomic E-state index is 0.307. The van der Waals surface area contributed by atoms with Crippen LogP contribution in [0.3, 0.4) is 0 Å². The van der Waals surface area contributed by atoms with Crippen LogP contribution in [0.5, 0.6) is 0 Å². The molecule has 0 radical (unpaired) electrons. The third-order valence-electron chi connectivity index (χ3n) is 3.18. The third-order valence-corrected chi connectivity index (χ3v) is 3.18. The number of alkyl carbamates (subject to hydrolysis) is 1. The van der Waals surface area contributed by atoms with Crippen molar-refractivity contribution in [2.24, 2.45) is 0 Å². The molecule has 0 unspecified atom stereocenters. The maximum Gasteiger partial charge on any atom is 0.408 e. The molecular formula is C16H24N2O4. The minimum atomic E-state index is -0.907. The maximum absolute atomic E-state index is 12.0. The predicted molar refractivity (Wildman–Crippen MR) is 84.4 cm³/mol. The highest BCUT2D eigenvalue weighted by molar-refractivity contribution is 5.68. The van der Waals surface area contributed by atoms with Gasteiger partial charge < -0.3 is 10.1 Å². The number of nitro groups is 1. The van der Waals surface area contributed by atoms with E-state index < -0.39 is 23.8 Å². The number of carbonyl (C=O) groups is 1. The van der Waals surface area contributed by atoms with E-state index in [1.807, 2.05) is 19.1 Å². The fraction of sp³-hybridized carbons (Fsp3) is 0.562. The number of hydrogen-bond donors (Lipinski definition) is 1. The van der Waals surface area contributed by atoms with Gasteiger partial charge >= 0.3 is 6.09 Å². The van der Waals surface area contributed by atoms with Crippen LogP contribution in [0.1, 0.15) is 51.3 Å². The molecule has 1 amide bonds. The van der Waals surface area contributed by atoms with Crippen LogP contribution in [-0.4, -0.2) is 22.7 Å². The van der Waals surface area contributed by atoms with Crippen LogP contribution >= 0.6 is 0 Å². The van der Waals surface area contributed by atoms with Crippen molar-refractivity contribution in [3.63, 3.8) is 0 Å². The number of aryl methyl sites for hydroxylation is 1. The van der Waals surface area contributed by atoms with E-state index in [0.717, 1.165) is 5.56 Å². The second-order valence-corrected chi connectivity index (χ2v) is 6.30. The first-order valence-electron chi connectivity index (χ1n) is 7.33. The second-order valence-electron chi connectivity index (χ2n) is 6.30. The first-order valence-corrected chi connectivity index (χ1v) is 7.33. The number of rotatable bonds is 5. The summed E-state index contributed by atoms with van der Waals surface area (Å²) in [6, 6.07) is 5.69. The Morgan fingerprint density at radius 3 is 2.27 bits per heavy atom. The molecule has 0 bridgehead atoms. The van der Waals surface area contributed by atoms with Gasteiger partial charge in [-0.2, -0.15) is 0 Å². The largest absolute Gasteiger partial charge is 0.444 e. The van der Waals surface area contributed by atoms with Gasteiger partial charge in [-0.15, -0.1) is 0 Å². The summed E-state index contributed by atoms with van der Waals surface area (Å²) < 4.78 is 5.22. The molecule has 0 aliphatic heterocycles. The summed E-state index contributed by atoms with van der Waals surface area (Å²) in [4.78, 5) is 22.9. The van der Waals surface area contributed by atoms with Crippen molar-refractivity contribution in [3.8, 4) is 0 Å². The van der Waals surface area contributed by atoms with E-state index in [1.165, 1.54) is 0 Å². The van der Waals surface area contributed by atoms with Crippen molar-refractivity contribution in [2.75, 3.05) is 0 Å². The minimum Gasteiger partial charge on any atom is -0.444 e. The first kappa shape index (κ1) is 17.9. The molecule has 0 aromatic heterocycles. The normalized spacial score (nSPS) is 14.0. The van der Waals surface area contributed by atoms with Crippen molar-refractivity contribution in [1.82, 2.24) is 5.32 Å². The Morgan fingerprint density at radius 2 is 1.86 bits per heavy atom. The average molecular weight is 308 g/mol. The molecular weight excluding hydrogens is 284 g/mol. The summed E-state index contributed by atoms with van der Waals surface area (Å²) in [5, 5.41) is 13.9. The zero-order valence-electron chi connectivity index (χ0n) is 13.8. The summed E-state index contributed by atoms with van der Waals surface area (Å²) in [6.45, 7) is 8.91. The predicted octanol–water partition coefficient (Wildman–Crippen LogP) is 3.62. The number of nitrogens with one attached hydrogen (secondary N) is 1. The molecule has 0 saturated carbocycles. The number of amides is 1. The highest BCUT2D eigenvalue weighted by Crippen LogP contribution is 2.22. The Hall–Kier alpha value is -2.11. The lowest BCUT2D eigenvalue weighted by molar-refractivity contribution is -0.528. The summed E-state index contributed by atoms with van der Waals surface area (Å²) >= 11 is 0. The average Bonchev–Trinajstić information content (AvgIpc) is 2.36. The number of carbonyl (C=O) groups excluding carboxylic acids is 1. The molecule has 0 fully saturated rings. The molecule has 0 saturated heterocycles. The number of nitrogens with zero attached hydrogens (tertiary/aromatic N) is 1. The SMILES string of the molecule is CC[C@H]([C@@H](NC(=O)OC(C)(C)C)c1ccc(C)cc1)[N+](=O)[O-]. The molecule has 2 atom stereocenters. The van der Waals surface area contributed by atoms with Gasteiger partial charge in [-0.3, -0.25) is 10.1 Å². The summed E-state index contributed by atoms with van der Waals surface area (Å²) in [6.07, 6.45) is -0.347. The van der Waals surface area contributed by atoms with Gasteiger partial charge in [-0.25, -0.2) is 4.79 Å². The van der Waals surface area contributed by atoms with E-state index in [1.54, 1.807) is 39.8 Å². The van der Waals surface area contributed by atoms with E-state index in [0.29, 0.717) is 12.0 Å². The van der Waals surface area contributed by atoms with E-state index in [9.17, 15) is 14.9 Å². The van der Waals surface area contributed by atoms with E-state index >= 15 is 0 Å². The van der Waals surface area contributed by atoms with Crippen LogP contribution in [0.15, 0.2) is 24.3 Å². The van der Waals surface area contributed by atoms with Crippen LogP contribution in [0.25, 0.3) is 0 Å². The Balaban J connectivity index is 3.03. The van der Waals surface area contributed by atoms with Crippen molar-refractivity contribution in [3.05, 3.63) is 45.5 Å². The number of hydrogen-bond acceptors (Lipinski definition) is 4. The maximum atomic E-state index is 12.0. The molecule has 122 valence electrons. The highest BCUT2D eigenvalue weighted by Gasteiger charge is 2.33. The van der Waals surface area contributed by atoms with Crippen molar-refractivity contribution < 1.29 is 14.5 Å². The standard InChI is InChI=1S/C16H24N2O4/c1-6-13(18(20)21)14(12-9-7-11(2)8-10-12)17-15(19)22-16(3,4)5/h7-10,13-14H,6H2,1-5H3,(H,17,19)/t13-,14+/m1/s1. The third kappa shape index (κ3) is 5.35. The molecule has 6 heteroatoms. The van der Waals surface area contributed by atoms with Crippen LogP contribution < -0.4 is 5.32 Å². The summed E-state index contributed by atoms with van der Waals surface area (Å²) in [5.74, 6) is 0. The smallest absolute Gasteiger partial charge is 0.408 e. The number of ether oxygens (including phenoxy) is 1. The fourth-order valence-electron chi connectivity index (χ4n) is 2.12. The van der Waals surface area contributed by atoms with Crippen LogP contribution in [0.2, 0.25) is 0 Å². The van der Waals surface area contributed by atoms with E-state index in [4.69, 9.17) is 4.74 Å². The van der Waals surface area contributed by atoms with Gasteiger partial charge in [0.2, 0.25) is 6.04 Å². The Morgan fingerprint density at radius 1 is 1.32 bits per heavy atom. The molecule has 0 spiro atoms. The van der Waals surface area contributed by atoms with E-state index in [-0.39, 0.29) is 4.92 Å². The van der Waals surface area contributed by atoms with Gasteiger partial charge in [0.1, 0.15) is 11.6 Å². The topological polar surface area (TPSA) is 81.5 Å². The van der Waals surface area contributed by atoms with Gasteiger partial charge in [-0.05, 0) is 33.3 Å². The second kappa shape index (κ2) is 7.24. The van der Waals surface area contributed by atoms with E-state index in [2.05, 4.69) is 5.32 Å². The fourth-order valence-corrected chi connectivity index (χ4v) is 2.12. The Kier molecular flexibility index (Phi) is 5.91. The molecule has 1 aromatic rings. The van der Waals surface area contributed by atoms with Gasteiger partial charge in [0, 0.05) is 11.3 Å². The first-order chi connectivity index (χ1) is 10.1. The van der Waals surface area contributed by atoms with Gasteiger partial charge in [0.05, 0.1) is 0 Å². The molecule has 22 heavy (non-hydrogen) atoms. The molecule has 0 aliphatic rings. The van der Waals surface area contributed by atoms with Gasteiger partial charge in [0.25, 0.3) is 0 Å². The zero-order valence-corrected chi connectivity index (χ0v) is 13.8. The lowest BCUT2D eigenvalue weighted by atomic mass is 9.97. The van der Waals surface area contributed by atoms with Crippen molar-refractivity contribution in [2.45, 2.75) is 58.7 Å². The zero-order chi connectivity index (χ0) is 16.9. The highest BCUT2D eigenvalue weighted by atomic mass is 16.6. The van der Waals surface area contributed by atoms with Crippen LogP contribution in [-0.2, 0) is 4.74 Å². The van der Waals surface area contributed by atoms with Crippen molar-refractivity contribution in [1.29, 1.82) is 0 Å². The Labute approximate surface area is 131 Å². The Bertz CT molecular complexity index is 520. The lowest BCUT2D eigenvalue weighted by Gasteiger charge is -2.25. The summed E-state index contributed by atoms with van der Waals surface area (Å²) in [7, 11) is 0.